The van der Waals surface area contributed by atoms with Crippen molar-refractivity contribution in [3.05, 3.63) is 53.1 Å². The normalized spacial score (nSPS) is 13.0. The summed E-state index contributed by atoms with van der Waals surface area (Å²) in [5, 5.41) is 9.16. The molecule has 0 aromatic heterocycles. The predicted octanol–water partition coefficient (Wildman–Crippen LogP) is 3.06. The van der Waals surface area contributed by atoms with Gasteiger partial charge in [-0.05, 0) is 29.2 Å². The first kappa shape index (κ1) is 9.16. The fraction of sp³-hybridized carbons (Fsp3) is 0.0714. The first-order chi connectivity index (χ1) is 7.77. The van der Waals surface area contributed by atoms with Crippen LogP contribution in [0, 0.1) is 0 Å². The molecule has 0 atom stereocenters. The highest BCUT2D eigenvalue weighted by molar-refractivity contribution is 5.99. The van der Waals surface area contributed by atoms with Crippen molar-refractivity contribution in [1.82, 2.24) is 0 Å². The summed E-state index contributed by atoms with van der Waals surface area (Å²) in [6, 6.07) is 9.53. The Bertz CT molecular complexity index is 582. The smallest absolute Gasteiger partial charge is 0.336 e. The van der Waals surface area contributed by atoms with Crippen molar-refractivity contribution >= 4 is 12.0 Å². The van der Waals surface area contributed by atoms with Crippen LogP contribution in [-0.2, 0) is 6.42 Å². The summed E-state index contributed by atoms with van der Waals surface area (Å²) >= 11 is 0. The monoisotopic (exact) mass is 210 g/mol. The van der Waals surface area contributed by atoms with Gasteiger partial charge in [0, 0.05) is 5.56 Å². The number of fused-ring (bicyclic) bond motifs is 3. The van der Waals surface area contributed by atoms with Gasteiger partial charge in [0.2, 0.25) is 0 Å². The number of hydrogen-bond acceptors (Lipinski definition) is 1. The molecule has 0 bridgehead atoms. The van der Waals surface area contributed by atoms with E-state index in [0.29, 0.717) is 5.56 Å². The molecular formula is C14H10O2. The van der Waals surface area contributed by atoms with E-state index in [1.807, 2.05) is 30.3 Å². The van der Waals surface area contributed by atoms with E-state index in [1.54, 1.807) is 6.07 Å². The number of carboxylic acid groups (broad SMARTS) is 1. The minimum atomic E-state index is -0.852. The Morgan fingerprint density at radius 3 is 2.88 bits per heavy atom. The Morgan fingerprint density at radius 2 is 2.06 bits per heavy atom. The maximum atomic E-state index is 11.2. The van der Waals surface area contributed by atoms with Crippen LogP contribution in [-0.4, -0.2) is 11.1 Å². The lowest BCUT2D eigenvalue weighted by molar-refractivity contribution is 0.0698. The van der Waals surface area contributed by atoms with Gasteiger partial charge in [0.25, 0.3) is 0 Å². The maximum Gasteiger partial charge on any atom is 0.336 e. The van der Waals surface area contributed by atoms with Crippen LogP contribution in [0.4, 0.5) is 0 Å². The van der Waals surface area contributed by atoms with Crippen molar-refractivity contribution in [2.45, 2.75) is 6.42 Å². The van der Waals surface area contributed by atoms with Crippen LogP contribution >= 0.6 is 0 Å². The number of aromatic carboxylic acids is 1. The van der Waals surface area contributed by atoms with E-state index in [-0.39, 0.29) is 0 Å². The molecule has 0 saturated heterocycles. The van der Waals surface area contributed by atoms with E-state index < -0.39 is 5.97 Å². The first-order valence-electron chi connectivity index (χ1n) is 5.22. The molecule has 0 aromatic rings. The first-order valence-corrected chi connectivity index (χ1v) is 5.22. The summed E-state index contributed by atoms with van der Waals surface area (Å²) in [5.74, 6) is -0.852. The van der Waals surface area contributed by atoms with Crippen LogP contribution in [0.3, 0.4) is 0 Å². The summed E-state index contributed by atoms with van der Waals surface area (Å²) in [7, 11) is 0. The highest BCUT2D eigenvalue weighted by atomic mass is 16.4. The lowest BCUT2D eigenvalue weighted by atomic mass is 10.0. The largest absolute Gasteiger partial charge is 0.478 e. The number of allylic oxidation sites excluding steroid dienone is 1. The highest BCUT2D eigenvalue weighted by Gasteiger charge is 2.20. The van der Waals surface area contributed by atoms with Crippen molar-refractivity contribution in [2.24, 2.45) is 0 Å². The summed E-state index contributed by atoms with van der Waals surface area (Å²) in [5.41, 5.74) is 4.55. The quantitative estimate of drug-likeness (QED) is 0.785. The zero-order chi connectivity index (χ0) is 11.1. The van der Waals surface area contributed by atoms with Crippen molar-refractivity contribution in [3.8, 4) is 11.1 Å². The summed E-state index contributed by atoms with van der Waals surface area (Å²) in [4.78, 5) is 11.2. The minimum absolute atomic E-state index is 0.408. The maximum absolute atomic E-state index is 11.2. The zero-order valence-corrected chi connectivity index (χ0v) is 8.60. The molecule has 2 nitrogen and oxygen atoms in total. The molecule has 0 aliphatic heterocycles. The minimum Gasteiger partial charge on any atom is -0.478 e. The Morgan fingerprint density at radius 1 is 1.19 bits per heavy atom. The van der Waals surface area contributed by atoms with E-state index in [4.69, 9.17) is 5.11 Å². The van der Waals surface area contributed by atoms with Crippen LogP contribution in [0.25, 0.3) is 17.2 Å². The average Bonchev–Trinajstić information content (AvgIpc) is 2.82. The van der Waals surface area contributed by atoms with Gasteiger partial charge in [0.05, 0.1) is 5.56 Å². The number of carboxylic acids is 1. The molecule has 0 spiro atoms. The molecule has 0 heterocycles. The molecule has 0 amide bonds. The molecule has 3 rings (SSSR count). The topological polar surface area (TPSA) is 37.3 Å². The summed E-state index contributed by atoms with van der Waals surface area (Å²) in [6.45, 7) is 0. The number of rotatable bonds is 1. The molecule has 78 valence electrons. The predicted molar refractivity (Wildman–Crippen MR) is 62.8 cm³/mol. The molecular weight excluding hydrogens is 200 g/mol. The second-order valence-corrected chi connectivity index (χ2v) is 3.95. The Labute approximate surface area is 93.2 Å². The van der Waals surface area contributed by atoms with E-state index in [2.05, 4.69) is 6.08 Å². The van der Waals surface area contributed by atoms with Gasteiger partial charge in [0.15, 0.2) is 0 Å². The average molecular weight is 210 g/mol. The Balaban J connectivity index is 2.38. The lowest BCUT2D eigenvalue weighted by Crippen LogP contribution is -1.97. The van der Waals surface area contributed by atoms with Gasteiger partial charge in [-0.3, -0.25) is 0 Å². The molecule has 0 saturated carbocycles. The van der Waals surface area contributed by atoms with Crippen LogP contribution in [0.15, 0.2) is 36.4 Å². The van der Waals surface area contributed by atoms with Crippen molar-refractivity contribution < 1.29 is 9.90 Å². The van der Waals surface area contributed by atoms with E-state index in [9.17, 15) is 4.79 Å². The number of carbonyl (C=O) groups is 1. The highest BCUT2D eigenvalue weighted by Crippen LogP contribution is 2.35. The molecule has 1 N–H and O–H groups in total. The van der Waals surface area contributed by atoms with Gasteiger partial charge < -0.3 is 5.11 Å². The van der Waals surface area contributed by atoms with E-state index in [1.165, 1.54) is 0 Å². The summed E-state index contributed by atoms with van der Waals surface area (Å²) in [6.07, 6.45) is 4.95. The van der Waals surface area contributed by atoms with Crippen LogP contribution in [0.1, 0.15) is 21.5 Å². The number of hydrogen-bond donors (Lipinski definition) is 1. The fourth-order valence-electron chi connectivity index (χ4n) is 2.33. The van der Waals surface area contributed by atoms with Gasteiger partial charge >= 0.3 is 5.97 Å². The molecule has 0 unspecified atom stereocenters. The van der Waals surface area contributed by atoms with Crippen molar-refractivity contribution in [3.63, 3.8) is 0 Å². The Kier molecular flexibility index (Phi) is 1.83. The molecule has 3 aliphatic carbocycles. The van der Waals surface area contributed by atoms with E-state index in [0.717, 1.165) is 28.7 Å². The summed E-state index contributed by atoms with van der Waals surface area (Å²) < 4.78 is 0. The lowest BCUT2D eigenvalue weighted by Gasteiger charge is -2.03. The van der Waals surface area contributed by atoms with Gasteiger partial charge in [-0.1, -0.05) is 36.4 Å². The van der Waals surface area contributed by atoms with Gasteiger partial charge in [-0.2, -0.15) is 0 Å². The van der Waals surface area contributed by atoms with Gasteiger partial charge in [-0.15, -0.1) is 0 Å². The molecule has 0 radical (unpaired) electrons. The molecule has 0 fully saturated rings. The third-order valence-corrected chi connectivity index (χ3v) is 3.04. The molecule has 0 aromatic carbocycles. The van der Waals surface area contributed by atoms with Crippen LogP contribution < -0.4 is 0 Å². The Hall–Kier alpha value is -2.09. The van der Waals surface area contributed by atoms with Crippen LogP contribution in [0.5, 0.6) is 0 Å². The SMILES string of the molecule is O=C(O)c1ccc2cccc3c(c1-2)CC=C3. The molecule has 2 heteroatoms. The van der Waals surface area contributed by atoms with Gasteiger partial charge in [0.1, 0.15) is 0 Å². The van der Waals surface area contributed by atoms with Crippen molar-refractivity contribution in [2.75, 3.05) is 0 Å². The fourth-order valence-corrected chi connectivity index (χ4v) is 2.33. The second kappa shape index (κ2) is 3.20. The third kappa shape index (κ3) is 1.16. The van der Waals surface area contributed by atoms with Crippen molar-refractivity contribution in [1.29, 1.82) is 0 Å². The standard InChI is InChI=1S/C14H10O2/c15-14(16)12-8-7-10-5-1-3-9-4-2-6-11(9)13(10)12/h1-5,7-8H,6H2,(H,15,16). The van der Waals surface area contributed by atoms with Crippen LogP contribution in [0.2, 0.25) is 0 Å². The third-order valence-electron chi connectivity index (χ3n) is 3.04. The molecule has 16 heavy (non-hydrogen) atoms. The molecule has 3 aliphatic rings. The van der Waals surface area contributed by atoms with Gasteiger partial charge in [-0.25, -0.2) is 4.79 Å². The zero-order valence-electron chi connectivity index (χ0n) is 8.60. The second-order valence-electron chi connectivity index (χ2n) is 3.95. The van der Waals surface area contributed by atoms with E-state index >= 15 is 0 Å².